The number of nitro groups is 1. The zero-order valence-corrected chi connectivity index (χ0v) is 11.1. The Balaban J connectivity index is 2.14. The summed E-state index contributed by atoms with van der Waals surface area (Å²) in [5.74, 6) is 0.318. The number of nitrogen functional groups attached to an aromatic ring is 1. The fourth-order valence-corrected chi connectivity index (χ4v) is 2.10. The van der Waals surface area contributed by atoms with E-state index in [1.807, 2.05) is 31.2 Å². The summed E-state index contributed by atoms with van der Waals surface area (Å²) in [6.45, 7) is 1.95. The molecular weight excluding hydrogens is 274 g/mol. The number of benzene rings is 1. The first-order valence-electron chi connectivity index (χ1n) is 6.13. The van der Waals surface area contributed by atoms with E-state index in [1.54, 1.807) is 0 Å². The highest BCUT2D eigenvalue weighted by molar-refractivity contribution is 5.85. The number of furan rings is 1. The molecule has 0 saturated carbocycles. The van der Waals surface area contributed by atoms with Gasteiger partial charge in [0.2, 0.25) is 5.76 Å². The van der Waals surface area contributed by atoms with Gasteiger partial charge in [-0.15, -0.1) is 0 Å². The fraction of sp³-hybridized carbons (Fsp3) is 0.0714. The predicted molar refractivity (Wildman–Crippen MR) is 75.4 cm³/mol. The molecule has 21 heavy (non-hydrogen) atoms. The highest BCUT2D eigenvalue weighted by Gasteiger charge is 2.23. The summed E-state index contributed by atoms with van der Waals surface area (Å²) in [4.78, 5) is 10.1. The Hall–Kier alpha value is -3.09. The highest BCUT2D eigenvalue weighted by atomic mass is 16.6. The van der Waals surface area contributed by atoms with E-state index in [0.717, 1.165) is 11.1 Å². The van der Waals surface area contributed by atoms with Crippen LogP contribution in [-0.2, 0) is 0 Å². The van der Waals surface area contributed by atoms with Gasteiger partial charge in [0.25, 0.3) is 0 Å². The van der Waals surface area contributed by atoms with E-state index in [-0.39, 0.29) is 23.2 Å². The van der Waals surface area contributed by atoms with Crippen molar-refractivity contribution in [1.82, 2.24) is 5.16 Å². The molecular formula is C14H11N3O4. The lowest BCUT2D eigenvalue weighted by Crippen LogP contribution is -1.89. The summed E-state index contributed by atoms with van der Waals surface area (Å²) in [5, 5.41) is 14.4. The van der Waals surface area contributed by atoms with E-state index in [9.17, 15) is 10.1 Å². The first-order valence-corrected chi connectivity index (χ1v) is 6.13. The second-order valence-electron chi connectivity index (χ2n) is 4.54. The van der Waals surface area contributed by atoms with Gasteiger partial charge in [0.1, 0.15) is 4.92 Å². The van der Waals surface area contributed by atoms with Crippen molar-refractivity contribution >= 4 is 11.7 Å². The monoisotopic (exact) mass is 285 g/mol. The molecule has 0 amide bonds. The zero-order chi connectivity index (χ0) is 15.0. The SMILES string of the molecule is Cc1cccc(-c2c(N)noc2-c2ccc([N+](=O)[O-])o2)c1. The molecule has 0 aliphatic carbocycles. The molecule has 3 rings (SSSR count). The number of rotatable bonds is 3. The Morgan fingerprint density at radius 2 is 2.10 bits per heavy atom. The molecule has 0 atom stereocenters. The molecule has 0 unspecified atom stereocenters. The molecule has 0 bridgehead atoms. The predicted octanol–water partition coefficient (Wildman–Crippen LogP) is 3.40. The van der Waals surface area contributed by atoms with Gasteiger partial charge in [-0.3, -0.25) is 10.1 Å². The number of hydrogen-bond acceptors (Lipinski definition) is 6. The van der Waals surface area contributed by atoms with Crippen LogP contribution in [0.1, 0.15) is 5.56 Å². The van der Waals surface area contributed by atoms with E-state index in [4.69, 9.17) is 14.7 Å². The van der Waals surface area contributed by atoms with Crippen LogP contribution in [0, 0.1) is 17.0 Å². The van der Waals surface area contributed by atoms with Gasteiger partial charge in [0, 0.05) is 0 Å². The van der Waals surface area contributed by atoms with Crippen LogP contribution in [-0.4, -0.2) is 10.1 Å². The third-order valence-electron chi connectivity index (χ3n) is 3.02. The third-order valence-corrected chi connectivity index (χ3v) is 3.02. The first kappa shape index (κ1) is 12.9. The van der Waals surface area contributed by atoms with E-state index < -0.39 is 4.92 Å². The molecule has 2 N–H and O–H groups in total. The maximum absolute atomic E-state index is 10.7. The molecule has 2 aromatic heterocycles. The Labute approximate surface area is 119 Å². The van der Waals surface area contributed by atoms with Crippen LogP contribution in [0.4, 0.5) is 11.7 Å². The lowest BCUT2D eigenvalue weighted by atomic mass is 10.0. The summed E-state index contributed by atoms with van der Waals surface area (Å²) < 4.78 is 10.3. The van der Waals surface area contributed by atoms with Crippen molar-refractivity contribution in [2.24, 2.45) is 0 Å². The normalized spacial score (nSPS) is 10.7. The summed E-state index contributed by atoms with van der Waals surface area (Å²) in [6, 6.07) is 10.3. The Bertz CT molecular complexity index is 819. The van der Waals surface area contributed by atoms with E-state index in [1.165, 1.54) is 12.1 Å². The molecule has 0 spiro atoms. The molecule has 0 fully saturated rings. The molecule has 3 aromatic rings. The maximum Gasteiger partial charge on any atom is 0.433 e. The first-order chi connectivity index (χ1) is 10.1. The molecule has 1 aromatic carbocycles. The van der Waals surface area contributed by atoms with Crippen molar-refractivity contribution in [2.45, 2.75) is 6.92 Å². The largest absolute Gasteiger partial charge is 0.433 e. The van der Waals surface area contributed by atoms with Crippen molar-refractivity contribution in [2.75, 3.05) is 5.73 Å². The smallest absolute Gasteiger partial charge is 0.397 e. The van der Waals surface area contributed by atoms with Crippen molar-refractivity contribution in [3.8, 4) is 22.6 Å². The average molecular weight is 285 g/mol. The van der Waals surface area contributed by atoms with Crippen LogP contribution >= 0.6 is 0 Å². The Morgan fingerprint density at radius 3 is 2.76 bits per heavy atom. The van der Waals surface area contributed by atoms with Crippen molar-refractivity contribution in [3.05, 3.63) is 52.1 Å². The summed E-state index contributed by atoms with van der Waals surface area (Å²) in [6.07, 6.45) is 0. The Kier molecular flexibility index (Phi) is 2.94. The van der Waals surface area contributed by atoms with Crippen molar-refractivity contribution in [3.63, 3.8) is 0 Å². The molecule has 0 saturated heterocycles. The molecule has 0 aliphatic heterocycles. The van der Waals surface area contributed by atoms with Crippen LogP contribution in [0.5, 0.6) is 0 Å². The van der Waals surface area contributed by atoms with Crippen molar-refractivity contribution < 1.29 is 13.9 Å². The number of aryl methyl sites for hydroxylation is 1. The van der Waals surface area contributed by atoms with Gasteiger partial charge in [-0.2, -0.15) is 0 Å². The summed E-state index contributed by atoms with van der Waals surface area (Å²) in [7, 11) is 0. The van der Waals surface area contributed by atoms with Crippen LogP contribution in [0.15, 0.2) is 45.3 Å². The topological polar surface area (TPSA) is 108 Å². The minimum absolute atomic E-state index is 0.203. The van der Waals surface area contributed by atoms with Gasteiger partial charge in [-0.05, 0) is 18.6 Å². The van der Waals surface area contributed by atoms with Gasteiger partial charge >= 0.3 is 5.88 Å². The molecule has 0 aliphatic rings. The maximum atomic E-state index is 10.7. The number of anilines is 1. The summed E-state index contributed by atoms with van der Waals surface area (Å²) >= 11 is 0. The second-order valence-corrected chi connectivity index (χ2v) is 4.54. The quantitative estimate of drug-likeness (QED) is 0.583. The average Bonchev–Trinajstić information content (AvgIpc) is 3.05. The van der Waals surface area contributed by atoms with Gasteiger partial charge in [0.15, 0.2) is 11.6 Å². The molecule has 0 radical (unpaired) electrons. The van der Waals surface area contributed by atoms with Gasteiger partial charge in [0.05, 0.1) is 11.6 Å². The standard InChI is InChI=1S/C14H11N3O4/c1-8-3-2-4-9(7-8)12-13(21-16-14(12)15)10-5-6-11(20-10)17(18)19/h2-7H,1H3,(H2,15,16). The second kappa shape index (κ2) is 4.78. The van der Waals surface area contributed by atoms with Crippen LogP contribution in [0.2, 0.25) is 0 Å². The van der Waals surface area contributed by atoms with Gasteiger partial charge in [-0.25, -0.2) is 0 Å². The molecule has 2 heterocycles. The van der Waals surface area contributed by atoms with Crippen LogP contribution in [0.25, 0.3) is 22.6 Å². The minimum atomic E-state index is -0.616. The Morgan fingerprint density at radius 1 is 1.29 bits per heavy atom. The van der Waals surface area contributed by atoms with E-state index in [0.29, 0.717) is 5.56 Å². The molecule has 7 heteroatoms. The van der Waals surface area contributed by atoms with E-state index in [2.05, 4.69) is 5.16 Å². The van der Waals surface area contributed by atoms with Crippen LogP contribution in [0.3, 0.4) is 0 Å². The third kappa shape index (κ3) is 2.25. The zero-order valence-electron chi connectivity index (χ0n) is 11.1. The van der Waals surface area contributed by atoms with Crippen LogP contribution < -0.4 is 5.73 Å². The minimum Gasteiger partial charge on any atom is -0.397 e. The number of nitrogens with two attached hydrogens (primary N) is 1. The van der Waals surface area contributed by atoms with Gasteiger partial charge < -0.3 is 14.7 Å². The van der Waals surface area contributed by atoms with Gasteiger partial charge in [-0.1, -0.05) is 35.0 Å². The van der Waals surface area contributed by atoms with Crippen molar-refractivity contribution in [1.29, 1.82) is 0 Å². The lowest BCUT2D eigenvalue weighted by Gasteiger charge is -2.01. The summed E-state index contributed by atoms with van der Waals surface area (Å²) in [5.41, 5.74) is 8.26. The lowest BCUT2D eigenvalue weighted by molar-refractivity contribution is -0.401. The van der Waals surface area contributed by atoms with E-state index >= 15 is 0 Å². The molecule has 106 valence electrons. The number of nitrogens with zero attached hydrogens (tertiary/aromatic N) is 2. The molecule has 7 nitrogen and oxygen atoms in total. The highest BCUT2D eigenvalue weighted by Crippen LogP contribution is 2.38. The fourth-order valence-electron chi connectivity index (χ4n) is 2.10. The number of aromatic nitrogens is 1. The number of hydrogen-bond donors (Lipinski definition) is 1.